The van der Waals surface area contributed by atoms with Crippen LogP contribution in [0.3, 0.4) is 0 Å². The van der Waals surface area contributed by atoms with Crippen LogP contribution in [0.4, 0.5) is 17.1 Å². The maximum Gasteiger partial charge on any atom is 0.0679 e. The van der Waals surface area contributed by atoms with Gasteiger partial charge in [-0.05, 0) is 95.1 Å². The van der Waals surface area contributed by atoms with Crippen LogP contribution in [0.25, 0.3) is 49.5 Å². The van der Waals surface area contributed by atoms with Crippen molar-refractivity contribution >= 4 is 38.6 Å². The van der Waals surface area contributed by atoms with Crippen LogP contribution in [-0.2, 0) is 0 Å². The van der Waals surface area contributed by atoms with Gasteiger partial charge < -0.3 is 4.90 Å². The van der Waals surface area contributed by atoms with E-state index >= 15 is 0 Å². The molecule has 1 heterocycles. The van der Waals surface area contributed by atoms with Crippen LogP contribution in [0.1, 0.15) is 11.4 Å². The van der Waals surface area contributed by atoms with Gasteiger partial charge in [-0.25, -0.2) is 4.68 Å². The van der Waals surface area contributed by atoms with Gasteiger partial charge in [0, 0.05) is 33.9 Å². The third-order valence-corrected chi connectivity index (χ3v) is 8.90. The number of aryl methyl sites for hydroxylation is 1. The predicted octanol–water partition coefficient (Wildman–Crippen LogP) is 11.6. The van der Waals surface area contributed by atoms with Gasteiger partial charge in [-0.1, -0.05) is 115 Å². The third kappa shape index (κ3) is 4.65. The topological polar surface area (TPSA) is 21.1 Å². The Kier molecular flexibility index (Phi) is 6.92. The van der Waals surface area contributed by atoms with Gasteiger partial charge in [0.25, 0.3) is 0 Å². The summed E-state index contributed by atoms with van der Waals surface area (Å²) >= 11 is 0. The highest BCUT2D eigenvalue weighted by atomic mass is 15.3. The summed E-state index contributed by atoms with van der Waals surface area (Å²) in [6.45, 7) is 4.31. The van der Waals surface area contributed by atoms with Gasteiger partial charge in [0.15, 0.2) is 0 Å². The van der Waals surface area contributed by atoms with Gasteiger partial charge in [0.05, 0.1) is 11.4 Å². The molecule has 0 fully saturated rings. The molecule has 3 nitrogen and oxygen atoms in total. The molecule has 0 aliphatic rings. The second kappa shape index (κ2) is 11.5. The fourth-order valence-corrected chi connectivity index (χ4v) is 6.94. The third-order valence-electron chi connectivity index (χ3n) is 8.90. The monoisotopic (exact) mass is 591 g/mol. The lowest BCUT2D eigenvalue weighted by atomic mass is 9.85. The number of rotatable bonds is 6. The van der Waals surface area contributed by atoms with Crippen LogP contribution < -0.4 is 4.90 Å². The maximum atomic E-state index is 5.05. The molecule has 3 heteroatoms. The van der Waals surface area contributed by atoms with Crippen molar-refractivity contribution in [2.45, 2.75) is 13.8 Å². The number of nitrogens with zero attached hydrogens (tertiary/aromatic N) is 3. The van der Waals surface area contributed by atoms with Gasteiger partial charge in [-0.15, -0.1) is 0 Å². The summed E-state index contributed by atoms with van der Waals surface area (Å²) in [5, 5.41) is 9.96. The summed E-state index contributed by atoms with van der Waals surface area (Å²) in [7, 11) is 0. The number of hydrogen-bond donors (Lipinski definition) is 0. The minimum atomic E-state index is 1.02. The largest absolute Gasteiger partial charge is 0.310 e. The van der Waals surface area contributed by atoms with Crippen LogP contribution in [0.5, 0.6) is 0 Å². The average Bonchev–Trinajstić information content (AvgIpc) is 3.41. The van der Waals surface area contributed by atoms with Gasteiger partial charge in [0.2, 0.25) is 0 Å². The molecule has 0 N–H and O–H groups in total. The minimum absolute atomic E-state index is 1.02. The van der Waals surface area contributed by atoms with E-state index in [1.807, 2.05) is 6.07 Å². The number of benzene rings is 7. The predicted molar refractivity (Wildman–Crippen MR) is 194 cm³/mol. The zero-order valence-corrected chi connectivity index (χ0v) is 25.9. The quantitative estimate of drug-likeness (QED) is 0.179. The minimum Gasteiger partial charge on any atom is -0.310 e. The Hall–Kier alpha value is -5.93. The molecule has 0 radical (unpaired) electrons. The Bertz CT molecular complexity index is 2220. The van der Waals surface area contributed by atoms with Crippen molar-refractivity contribution in [3.05, 3.63) is 175 Å². The van der Waals surface area contributed by atoms with Crippen LogP contribution in [0, 0.1) is 13.8 Å². The SMILES string of the molecule is Cc1nn(-c2ccccc2)c(C)c1-c1c2ccccc2c(-c2cccc(N(c3ccccc3)c3ccccc3)c2)c2ccccc12. The highest BCUT2D eigenvalue weighted by molar-refractivity contribution is 6.21. The Morgan fingerprint density at radius 3 is 1.43 bits per heavy atom. The van der Waals surface area contributed by atoms with Gasteiger partial charge >= 0.3 is 0 Å². The summed E-state index contributed by atoms with van der Waals surface area (Å²) in [5.41, 5.74) is 11.4. The Morgan fingerprint density at radius 2 is 0.891 bits per heavy atom. The molecular formula is C43H33N3. The lowest BCUT2D eigenvalue weighted by Crippen LogP contribution is -2.09. The maximum absolute atomic E-state index is 5.05. The molecule has 46 heavy (non-hydrogen) atoms. The van der Waals surface area contributed by atoms with E-state index in [9.17, 15) is 0 Å². The van der Waals surface area contributed by atoms with Crippen LogP contribution in [0.2, 0.25) is 0 Å². The fraction of sp³-hybridized carbons (Fsp3) is 0.0465. The van der Waals surface area contributed by atoms with E-state index in [4.69, 9.17) is 5.10 Å². The zero-order chi connectivity index (χ0) is 31.0. The normalized spacial score (nSPS) is 11.3. The number of hydrogen-bond acceptors (Lipinski definition) is 2. The first kappa shape index (κ1) is 27.6. The van der Waals surface area contributed by atoms with E-state index in [0.29, 0.717) is 0 Å². The summed E-state index contributed by atoms with van der Waals surface area (Å²) < 4.78 is 2.08. The van der Waals surface area contributed by atoms with Gasteiger partial charge in [-0.2, -0.15) is 5.10 Å². The second-order valence-corrected chi connectivity index (χ2v) is 11.7. The van der Waals surface area contributed by atoms with E-state index in [0.717, 1.165) is 34.1 Å². The number of anilines is 3. The molecule has 0 aliphatic carbocycles. The van der Waals surface area contributed by atoms with E-state index in [1.54, 1.807) is 0 Å². The van der Waals surface area contributed by atoms with E-state index in [-0.39, 0.29) is 0 Å². The first-order chi connectivity index (χ1) is 22.7. The highest BCUT2D eigenvalue weighted by Crippen LogP contribution is 2.46. The first-order valence-electron chi connectivity index (χ1n) is 15.7. The Morgan fingerprint density at radius 1 is 0.435 bits per heavy atom. The van der Waals surface area contributed by atoms with Crippen LogP contribution in [0.15, 0.2) is 164 Å². The lowest BCUT2D eigenvalue weighted by molar-refractivity contribution is 0.834. The fourth-order valence-electron chi connectivity index (χ4n) is 6.94. The van der Waals surface area contributed by atoms with Crippen molar-refractivity contribution in [1.29, 1.82) is 0 Å². The Balaban J connectivity index is 1.38. The molecule has 7 aromatic carbocycles. The molecule has 1 aromatic heterocycles. The molecule has 0 saturated heterocycles. The number of para-hydroxylation sites is 3. The molecule has 220 valence electrons. The molecule has 8 aromatic rings. The van der Waals surface area contributed by atoms with E-state index in [1.165, 1.54) is 43.8 Å². The molecule has 0 atom stereocenters. The molecule has 0 spiro atoms. The van der Waals surface area contributed by atoms with Crippen LogP contribution >= 0.6 is 0 Å². The zero-order valence-electron chi connectivity index (χ0n) is 25.9. The molecular weight excluding hydrogens is 558 g/mol. The van der Waals surface area contributed by atoms with Crippen molar-refractivity contribution in [3.8, 4) is 27.9 Å². The first-order valence-corrected chi connectivity index (χ1v) is 15.7. The van der Waals surface area contributed by atoms with Crippen LogP contribution in [-0.4, -0.2) is 9.78 Å². The van der Waals surface area contributed by atoms with E-state index < -0.39 is 0 Å². The van der Waals surface area contributed by atoms with Crippen molar-refractivity contribution in [2.75, 3.05) is 4.90 Å². The summed E-state index contributed by atoms with van der Waals surface area (Å²) in [6, 6.07) is 58.2. The Labute approximate surface area is 269 Å². The second-order valence-electron chi connectivity index (χ2n) is 11.7. The summed E-state index contributed by atoms with van der Waals surface area (Å²) in [6.07, 6.45) is 0. The molecule has 0 aliphatic heterocycles. The smallest absolute Gasteiger partial charge is 0.0679 e. The molecule has 8 rings (SSSR count). The summed E-state index contributed by atoms with van der Waals surface area (Å²) in [4.78, 5) is 2.33. The van der Waals surface area contributed by atoms with E-state index in [2.05, 4.69) is 181 Å². The standard InChI is InChI=1S/C43H33N3/c1-30-41(31(2)46(44-30)35-22-10-5-11-23-35)43-39-27-14-12-25-37(39)42(38-26-13-15-28-40(38)43)32-17-16-24-36(29-32)45(33-18-6-3-7-19-33)34-20-8-4-9-21-34/h3-29H,1-2H3. The van der Waals surface area contributed by atoms with Gasteiger partial charge in [-0.3, -0.25) is 0 Å². The van der Waals surface area contributed by atoms with Crippen molar-refractivity contribution < 1.29 is 0 Å². The highest BCUT2D eigenvalue weighted by Gasteiger charge is 2.22. The van der Waals surface area contributed by atoms with Crippen molar-refractivity contribution in [1.82, 2.24) is 9.78 Å². The van der Waals surface area contributed by atoms with Crippen molar-refractivity contribution in [3.63, 3.8) is 0 Å². The van der Waals surface area contributed by atoms with Crippen molar-refractivity contribution in [2.24, 2.45) is 0 Å². The summed E-state index contributed by atoms with van der Waals surface area (Å²) in [5.74, 6) is 0. The lowest BCUT2D eigenvalue weighted by Gasteiger charge is -2.26. The number of fused-ring (bicyclic) bond motifs is 2. The molecule has 0 bridgehead atoms. The average molecular weight is 592 g/mol. The van der Waals surface area contributed by atoms with Gasteiger partial charge in [0.1, 0.15) is 0 Å². The molecule has 0 amide bonds. The molecule has 0 unspecified atom stereocenters. The number of aromatic nitrogens is 2. The molecule has 0 saturated carbocycles.